The molecule has 152 valence electrons. The Labute approximate surface area is 169 Å². The fourth-order valence-corrected chi connectivity index (χ4v) is 3.21. The average Bonchev–Trinajstić information content (AvgIpc) is 2.94. The topological polar surface area (TPSA) is 102 Å². The van der Waals surface area contributed by atoms with Gasteiger partial charge in [-0.2, -0.15) is 0 Å². The Hall–Kier alpha value is -3.19. The first-order valence-electron chi connectivity index (χ1n) is 9.67. The fraction of sp³-hybridized carbons (Fsp3) is 0.318. The normalized spacial score (nSPS) is 14.0. The van der Waals surface area contributed by atoms with Crippen molar-refractivity contribution < 1.29 is 19.1 Å². The van der Waals surface area contributed by atoms with Crippen molar-refractivity contribution in [2.45, 2.75) is 32.9 Å². The van der Waals surface area contributed by atoms with E-state index in [2.05, 4.69) is 5.32 Å². The summed E-state index contributed by atoms with van der Waals surface area (Å²) in [5.41, 5.74) is 7.56. The van der Waals surface area contributed by atoms with E-state index in [1.165, 1.54) is 4.90 Å². The third-order valence-corrected chi connectivity index (χ3v) is 4.69. The van der Waals surface area contributed by atoms with Crippen LogP contribution in [0.2, 0.25) is 0 Å². The molecule has 7 nitrogen and oxygen atoms in total. The number of hydrogen-bond donors (Lipinski definition) is 2. The smallest absolute Gasteiger partial charge is 0.261 e. The number of benzene rings is 2. The lowest BCUT2D eigenvalue weighted by Crippen LogP contribution is -2.30. The Morgan fingerprint density at radius 1 is 1.14 bits per heavy atom. The highest BCUT2D eigenvalue weighted by Crippen LogP contribution is 2.26. The van der Waals surface area contributed by atoms with Crippen LogP contribution in [0.15, 0.2) is 42.5 Å². The first-order valence-corrected chi connectivity index (χ1v) is 9.67. The van der Waals surface area contributed by atoms with Crippen LogP contribution in [-0.2, 0) is 6.54 Å². The molecule has 0 saturated heterocycles. The minimum Gasteiger partial charge on any atom is -0.493 e. The Kier molecular flexibility index (Phi) is 6.29. The number of fused-ring (bicyclic) bond motifs is 1. The number of ether oxygens (including phenoxy) is 1. The molecule has 0 aromatic heterocycles. The molecule has 1 unspecified atom stereocenters. The van der Waals surface area contributed by atoms with E-state index >= 15 is 0 Å². The van der Waals surface area contributed by atoms with Crippen LogP contribution in [0.4, 0.5) is 0 Å². The minimum atomic E-state index is -0.331. The largest absolute Gasteiger partial charge is 0.493 e. The molecule has 7 heteroatoms. The molecular weight excluding hydrogens is 370 g/mol. The fourth-order valence-electron chi connectivity index (χ4n) is 3.21. The molecule has 2 aromatic carbocycles. The quantitative estimate of drug-likeness (QED) is 0.668. The van der Waals surface area contributed by atoms with Crippen molar-refractivity contribution in [3.8, 4) is 5.75 Å². The molecule has 3 N–H and O–H groups in total. The van der Waals surface area contributed by atoms with E-state index in [0.717, 1.165) is 0 Å². The monoisotopic (exact) mass is 395 g/mol. The molecule has 0 radical (unpaired) electrons. The molecule has 0 spiro atoms. The number of amides is 3. The third kappa shape index (κ3) is 4.46. The van der Waals surface area contributed by atoms with E-state index in [1.807, 2.05) is 13.8 Å². The van der Waals surface area contributed by atoms with E-state index in [9.17, 15) is 14.4 Å². The van der Waals surface area contributed by atoms with E-state index in [0.29, 0.717) is 47.6 Å². The summed E-state index contributed by atoms with van der Waals surface area (Å²) in [4.78, 5) is 39.0. The van der Waals surface area contributed by atoms with Gasteiger partial charge >= 0.3 is 0 Å². The van der Waals surface area contributed by atoms with Gasteiger partial charge in [-0.3, -0.25) is 19.3 Å². The zero-order valence-electron chi connectivity index (χ0n) is 16.6. The highest BCUT2D eigenvalue weighted by atomic mass is 16.5. The molecule has 1 heterocycles. The number of carbonyl (C=O) groups is 3. The van der Waals surface area contributed by atoms with Gasteiger partial charge < -0.3 is 15.8 Å². The third-order valence-electron chi connectivity index (χ3n) is 4.69. The first-order chi connectivity index (χ1) is 13.9. The van der Waals surface area contributed by atoms with Gasteiger partial charge in [0.1, 0.15) is 5.75 Å². The lowest BCUT2D eigenvalue weighted by Gasteiger charge is -2.16. The second-order valence-electron chi connectivity index (χ2n) is 7.03. The van der Waals surface area contributed by atoms with Gasteiger partial charge in [-0.1, -0.05) is 18.2 Å². The van der Waals surface area contributed by atoms with Crippen LogP contribution >= 0.6 is 0 Å². The zero-order valence-corrected chi connectivity index (χ0v) is 16.6. The molecule has 1 atom stereocenters. The van der Waals surface area contributed by atoms with Gasteiger partial charge in [0.15, 0.2) is 0 Å². The van der Waals surface area contributed by atoms with Gasteiger partial charge in [0.05, 0.1) is 29.8 Å². The van der Waals surface area contributed by atoms with E-state index in [-0.39, 0.29) is 30.3 Å². The summed E-state index contributed by atoms with van der Waals surface area (Å²) in [6.45, 7) is 4.66. The number of hydrogen-bond acceptors (Lipinski definition) is 5. The molecular formula is C22H25N3O4. The van der Waals surface area contributed by atoms with Crippen LogP contribution in [0.5, 0.6) is 5.75 Å². The number of nitrogens with two attached hydrogens (primary N) is 1. The first kappa shape index (κ1) is 20.5. The van der Waals surface area contributed by atoms with E-state index in [1.54, 1.807) is 42.5 Å². The molecule has 0 aliphatic carbocycles. The van der Waals surface area contributed by atoms with Crippen LogP contribution in [0.3, 0.4) is 0 Å². The summed E-state index contributed by atoms with van der Waals surface area (Å²) in [6, 6.07) is 11.8. The maximum atomic E-state index is 12.6. The Morgan fingerprint density at radius 2 is 1.79 bits per heavy atom. The van der Waals surface area contributed by atoms with Crippen molar-refractivity contribution >= 4 is 17.7 Å². The van der Waals surface area contributed by atoms with Crippen LogP contribution < -0.4 is 15.8 Å². The maximum absolute atomic E-state index is 12.6. The second-order valence-corrected chi connectivity index (χ2v) is 7.03. The van der Waals surface area contributed by atoms with Gasteiger partial charge in [0.25, 0.3) is 17.7 Å². The molecule has 3 amide bonds. The minimum absolute atomic E-state index is 0.0122. The molecule has 1 aliphatic rings. The zero-order chi connectivity index (χ0) is 21.0. The van der Waals surface area contributed by atoms with Crippen molar-refractivity contribution in [1.29, 1.82) is 0 Å². The maximum Gasteiger partial charge on any atom is 0.261 e. The van der Waals surface area contributed by atoms with Gasteiger partial charge in [-0.25, -0.2) is 0 Å². The predicted molar refractivity (Wildman–Crippen MR) is 109 cm³/mol. The standard InChI is InChI=1S/C22H25N3O4/c1-3-29-19-9-8-15(12-18(19)20(26)24-11-10-14(2)23)13-25-21(27)16-6-4-5-7-17(16)22(25)28/h4-9,12,14H,3,10-11,13,23H2,1-2H3,(H,24,26). The highest BCUT2D eigenvalue weighted by Gasteiger charge is 2.35. The number of imide groups is 1. The predicted octanol–water partition coefficient (Wildman–Crippen LogP) is 2.35. The SMILES string of the molecule is CCOc1ccc(CN2C(=O)c3ccccc3C2=O)cc1C(=O)NCCC(C)N. The molecule has 0 saturated carbocycles. The lowest BCUT2D eigenvalue weighted by atomic mass is 10.1. The van der Waals surface area contributed by atoms with Crippen molar-refractivity contribution in [3.05, 3.63) is 64.7 Å². The Morgan fingerprint density at radius 3 is 2.38 bits per heavy atom. The highest BCUT2D eigenvalue weighted by molar-refractivity contribution is 6.21. The second kappa shape index (κ2) is 8.87. The summed E-state index contributed by atoms with van der Waals surface area (Å²) in [5.74, 6) is -0.486. The number of rotatable bonds is 8. The van der Waals surface area contributed by atoms with Crippen molar-refractivity contribution in [2.24, 2.45) is 5.73 Å². The van der Waals surface area contributed by atoms with Crippen molar-refractivity contribution in [1.82, 2.24) is 10.2 Å². The van der Waals surface area contributed by atoms with E-state index in [4.69, 9.17) is 10.5 Å². The lowest BCUT2D eigenvalue weighted by molar-refractivity contribution is 0.0642. The van der Waals surface area contributed by atoms with Gasteiger partial charge in [0.2, 0.25) is 0 Å². The van der Waals surface area contributed by atoms with Crippen molar-refractivity contribution in [2.75, 3.05) is 13.2 Å². The average molecular weight is 395 g/mol. The van der Waals surface area contributed by atoms with Gasteiger partial charge in [0, 0.05) is 12.6 Å². The molecule has 1 aliphatic heterocycles. The summed E-state index contributed by atoms with van der Waals surface area (Å²) < 4.78 is 5.57. The summed E-state index contributed by atoms with van der Waals surface area (Å²) in [7, 11) is 0. The molecule has 0 bridgehead atoms. The number of carbonyl (C=O) groups excluding carboxylic acids is 3. The number of nitrogens with zero attached hydrogens (tertiary/aromatic N) is 1. The van der Waals surface area contributed by atoms with E-state index < -0.39 is 0 Å². The summed E-state index contributed by atoms with van der Waals surface area (Å²) in [5, 5.41) is 2.84. The van der Waals surface area contributed by atoms with Gasteiger partial charge in [-0.05, 0) is 50.1 Å². The molecule has 29 heavy (non-hydrogen) atoms. The number of nitrogens with one attached hydrogen (secondary N) is 1. The van der Waals surface area contributed by atoms with Crippen LogP contribution in [0.25, 0.3) is 0 Å². The summed E-state index contributed by atoms with van der Waals surface area (Å²) >= 11 is 0. The molecule has 3 rings (SSSR count). The van der Waals surface area contributed by atoms with Crippen LogP contribution in [0, 0.1) is 0 Å². The molecule has 2 aromatic rings. The Bertz CT molecular complexity index is 904. The van der Waals surface area contributed by atoms with Gasteiger partial charge in [-0.15, -0.1) is 0 Å². The summed E-state index contributed by atoms with van der Waals surface area (Å²) in [6.07, 6.45) is 0.657. The van der Waals surface area contributed by atoms with Crippen molar-refractivity contribution in [3.63, 3.8) is 0 Å². The van der Waals surface area contributed by atoms with Crippen LogP contribution in [0.1, 0.15) is 56.9 Å². The van der Waals surface area contributed by atoms with Crippen LogP contribution in [-0.4, -0.2) is 41.8 Å². The molecule has 0 fully saturated rings. The Balaban J connectivity index is 1.81.